The lowest BCUT2D eigenvalue weighted by Gasteiger charge is -2.07. The predicted molar refractivity (Wildman–Crippen MR) is 81.2 cm³/mol. The van der Waals surface area contributed by atoms with Crippen LogP contribution in [0.5, 0.6) is 0 Å². The van der Waals surface area contributed by atoms with Crippen LogP contribution in [0.25, 0.3) is 33.3 Å². The Labute approximate surface area is 115 Å². The van der Waals surface area contributed by atoms with Crippen LogP contribution in [0, 0.1) is 0 Å². The second-order valence-corrected chi connectivity index (χ2v) is 4.74. The van der Waals surface area contributed by atoms with Gasteiger partial charge in [0.2, 0.25) is 0 Å². The second-order valence-electron chi connectivity index (χ2n) is 4.74. The maximum Gasteiger partial charge on any atom is 0.162 e. The van der Waals surface area contributed by atoms with E-state index in [1.165, 1.54) is 0 Å². The van der Waals surface area contributed by atoms with Crippen LogP contribution in [0.2, 0.25) is 0 Å². The Kier molecular flexibility index (Phi) is 2.09. The minimum absolute atomic E-state index is 0.434. The van der Waals surface area contributed by atoms with Crippen molar-refractivity contribution in [2.75, 3.05) is 0 Å². The van der Waals surface area contributed by atoms with Gasteiger partial charge in [-0.05, 0) is 24.3 Å². The molecule has 20 heavy (non-hydrogen) atoms. The minimum Gasteiger partial charge on any atom is -0.396 e. The smallest absolute Gasteiger partial charge is 0.162 e. The van der Waals surface area contributed by atoms with E-state index in [0.717, 1.165) is 27.6 Å². The van der Waals surface area contributed by atoms with Gasteiger partial charge in [-0.3, -0.25) is 4.40 Å². The fourth-order valence-electron chi connectivity index (χ4n) is 2.56. The number of fused-ring (bicyclic) bond motifs is 5. The molecule has 0 atom stereocenters. The summed E-state index contributed by atoms with van der Waals surface area (Å²) in [4.78, 5) is 9.34. The lowest BCUT2D eigenvalue weighted by molar-refractivity contribution is 1.09. The molecule has 4 heteroatoms. The number of hydrogen-bond donors (Lipinski definition) is 1. The first kappa shape index (κ1) is 11.0. The molecule has 4 rings (SSSR count). The number of hydrogen-bond acceptors (Lipinski definition) is 3. The normalized spacial score (nSPS) is 11.4. The highest BCUT2D eigenvalue weighted by atomic mass is 15.1. The van der Waals surface area contributed by atoms with Crippen molar-refractivity contribution in [1.82, 2.24) is 14.4 Å². The van der Waals surface area contributed by atoms with Crippen LogP contribution in [0.15, 0.2) is 55.1 Å². The van der Waals surface area contributed by atoms with Gasteiger partial charge in [0.15, 0.2) is 5.82 Å². The molecule has 0 aliphatic heterocycles. The van der Waals surface area contributed by atoms with Gasteiger partial charge in [0, 0.05) is 5.39 Å². The predicted octanol–water partition coefficient (Wildman–Crippen LogP) is 2.97. The van der Waals surface area contributed by atoms with Crippen molar-refractivity contribution < 1.29 is 0 Å². The molecule has 0 unspecified atom stereocenters. The van der Waals surface area contributed by atoms with Crippen LogP contribution in [0.1, 0.15) is 5.82 Å². The second kappa shape index (κ2) is 3.81. The summed E-state index contributed by atoms with van der Waals surface area (Å²) in [5.74, 6) is 0.646. The summed E-state index contributed by atoms with van der Waals surface area (Å²) >= 11 is 0. The maximum atomic E-state index is 5.92. The largest absolute Gasteiger partial charge is 0.396 e. The fourth-order valence-corrected chi connectivity index (χ4v) is 2.56. The van der Waals surface area contributed by atoms with Crippen molar-refractivity contribution in [1.29, 1.82) is 0 Å². The van der Waals surface area contributed by atoms with Crippen LogP contribution in [0.3, 0.4) is 0 Å². The molecule has 0 aliphatic rings. The molecule has 0 bridgehead atoms. The number of aromatic nitrogens is 3. The molecule has 0 aliphatic carbocycles. The zero-order chi connectivity index (χ0) is 13.7. The lowest BCUT2D eigenvalue weighted by Crippen LogP contribution is -2.06. The Hall–Kier alpha value is -2.88. The van der Waals surface area contributed by atoms with Gasteiger partial charge in [0.05, 0.1) is 22.2 Å². The van der Waals surface area contributed by atoms with E-state index >= 15 is 0 Å². The van der Waals surface area contributed by atoms with Gasteiger partial charge in [0.1, 0.15) is 5.65 Å². The molecular formula is C16H12N4. The van der Waals surface area contributed by atoms with Crippen LogP contribution in [0.4, 0.5) is 0 Å². The molecule has 96 valence electrons. The van der Waals surface area contributed by atoms with Crippen molar-refractivity contribution in [2.24, 2.45) is 5.73 Å². The lowest BCUT2D eigenvalue weighted by atomic mass is 10.2. The number of imidazole rings is 1. The Morgan fingerprint density at radius 3 is 2.45 bits per heavy atom. The zero-order valence-electron chi connectivity index (χ0n) is 10.7. The minimum atomic E-state index is 0.434. The SMILES string of the molecule is C=C(N)c1nc2ccccc2c2nc3ccccc3n12. The number of nitrogens with zero attached hydrogens (tertiary/aromatic N) is 3. The fraction of sp³-hybridized carbons (Fsp3) is 0. The van der Waals surface area contributed by atoms with Crippen LogP contribution in [-0.4, -0.2) is 14.4 Å². The van der Waals surface area contributed by atoms with Gasteiger partial charge in [0.25, 0.3) is 0 Å². The van der Waals surface area contributed by atoms with Crippen molar-refractivity contribution in [3.63, 3.8) is 0 Å². The quantitative estimate of drug-likeness (QED) is 0.572. The highest BCUT2D eigenvalue weighted by molar-refractivity contribution is 5.97. The molecule has 0 saturated heterocycles. The van der Waals surface area contributed by atoms with E-state index in [4.69, 9.17) is 10.7 Å². The summed E-state index contributed by atoms with van der Waals surface area (Å²) in [5, 5.41) is 1.01. The first-order chi connectivity index (χ1) is 9.75. The third-order valence-electron chi connectivity index (χ3n) is 3.43. The molecule has 2 aromatic heterocycles. The highest BCUT2D eigenvalue weighted by Gasteiger charge is 2.13. The van der Waals surface area contributed by atoms with Crippen molar-refractivity contribution in [2.45, 2.75) is 0 Å². The van der Waals surface area contributed by atoms with E-state index in [1.807, 2.05) is 52.9 Å². The first-order valence-corrected chi connectivity index (χ1v) is 6.36. The van der Waals surface area contributed by atoms with Crippen LogP contribution in [-0.2, 0) is 0 Å². The standard InChI is InChI=1S/C16H12N4/c1-10(17)15-18-12-7-3-2-6-11(12)16-19-13-8-4-5-9-14(13)20(15)16/h2-9H,1,17H2. The molecule has 4 aromatic rings. The summed E-state index contributed by atoms with van der Waals surface area (Å²) < 4.78 is 1.97. The van der Waals surface area contributed by atoms with Gasteiger partial charge < -0.3 is 5.73 Å². The molecule has 0 fully saturated rings. The molecule has 2 N–H and O–H groups in total. The monoisotopic (exact) mass is 260 g/mol. The average Bonchev–Trinajstić information content (AvgIpc) is 2.86. The van der Waals surface area contributed by atoms with E-state index in [2.05, 4.69) is 11.6 Å². The Morgan fingerprint density at radius 1 is 0.950 bits per heavy atom. The topological polar surface area (TPSA) is 56.2 Å². The number of benzene rings is 2. The van der Waals surface area contributed by atoms with Crippen molar-refractivity contribution >= 4 is 33.3 Å². The zero-order valence-corrected chi connectivity index (χ0v) is 10.7. The van der Waals surface area contributed by atoms with Crippen LogP contribution >= 0.6 is 0 Å². The van der Waals surface area contributed by atoms with E-state index in [1.54, 1.807) is 0 Å². The van der Waals surface area contributed by atoms with Crippen molar-refractivity contribution in [3.8, 4) is 0 Å². The summed E-state index contributed by atoms with van der Waals surface area (Å²) in [6, 6.07) is 15.9. The number of para-hydroxylation sites is 3. The van der Waals surface area contributed by atoms with Crippen LogP contribution < -0.4 is 5.73 Å². The Balaban J connectivity index is 2.36. The summed E-state index contributed by atoms with van der Waals surface area (Å²) in [6.07, 6.45) is 0. The van der Waals surface area contributed by atoms with E-state index < -0.39 is 0 Å². The highest BCUT2D eigenvalue weighted by Crippen LogP contribution is 2.25. The van der Waals surface area contributed by atoms with Gasteiger partial charge in [-0.2, -0.15) is 0 Å². The molecular weight excluding hydrogens is 248 g/mol. The van der Waals surface area contributed by atoms with E-state index in [-0.39, 0.29) is 0 Å². The summed E-state index contributed by atoms with van der Waals surface area (Å²) in [5.41, 5.74) is 9.99. The van der Waals surface area contributed by atoms with E-state index in [9.17, 15) is 0 Å². The van der Waals surface area contributed by atoms with Crippen molar-refractivity contribution in [3.05, 3.63) is 60.9 Å². The van der Waals surface area contributed by atoms with Gasteiger partial charge >= 0.3 is 0 Å². The van der Waals surface area contributed by atoms with Gasteiger partial charge in [-0.25, -0.2) is 9.97 Å². The average molecular weight is 260 g/mol. The summed E-state index contributed by atoms with van der Waals surface area (Å²) in [7, 11) is 0. The molecule has 0 amide bonds. The third-order valence-corrected chi connectivity index (χ3v) is 3.43. The molecule has 0 radical (unpaired) electrons. The molecule has 0 spiro atoms. The first-order valence-electron chi connectivity index (χ1n) is 6.36. The Morgan fingerprint density at radius 2 is 1.65 bits per heavy atom. The van der Waals surface area contributed by atoms with Gasteiger partial charge in [-0.15, -0.1) is 0 Å². The third kappa shape index (κ3) is 1.36. The number of nitrogens with two attached hydrogens (primary N) is 1. The van der Waals surface area contributed by atoms with E-state index in [0.29, 0.717) is 11.5 Å². The number of rotatable bonds is 1. The Bertz CT molecular complexity index is 982. The molecule has 4 nitrogen and oxygen atoms in total. The molecule has 2 aromatic carbocycles. The van der Waals surface area contributed by atoms with Gasteiger partial charge in [-0.1, -0.05) is 30.8 Å². The summed E-state index contributed by atoms with van der Waals surface area (Å²) in [6.45, 7) is 3.84. The molecule has 2 heterocycles. The maximum absolute atomic E-state index is 5.92. The molecule has 0 saturated carbocycles.